The summed E-state index contributed by atoms with van der Waals surface area (Å²) >= 11 is 0. The lowest BCUT2D eigenvalue weighted by molar-refractivity contribution is -0.146. The molecule has 0 aliphatic carbocycles. The lowest BCUT2D eigenvalue weighted by atomic mass is 10.4. The topological polar surface area (TPSA) is 116 Å². The summed E-state index contributed by atoms with van der Waals surface area (Å²) < 4.78 is 10.7. The fourth-order valence-electron chi connectivity index (χ4n) is 0.817. The van der Waals surface area contributed by atoms with Crippen LogP contribution in [0.4, 0.5) is 4.79 Å². The minimum atomic E-state index is -1.60. The molecule has 0 aliphatic rings. The Morgan fingerprint density at radius 1 is 1.38 bits per heavy atom. The average Bonchev–Trinajstić information content (AvgIpc) is 2.20. The number of amides is 2. The van der Waals surface area contributed by atoms with Gasteiger partial charge in [0.25, 0.3) is 0 Å². The molecule has 0 heterocycles. The first-order valence-corrected chi connectivity index (χ1v) is 6.38. The Bertz CT molecular complexity index is 271. The zero-order valence-corrected chi connectivity index (χ0v) is 9.75. The van der Waals surface area contributed by atoms with E-state index in [0.717, 1.165) is 0 Å². The van der Waals surface area contributed by atoms with Crippen LogP contribution < -0.4 is 10.6 Å². The summed E-state index contributed by atoms with van der Waals surface area (Å²) in [6.45, 7) is 0.00938. The summed E-state index contributed by atoms with van der Waals surface area (Å²) in [5.41, 5.74) is 0. The molecule has 2 amide bonds. The Labute approximate surface area is 95.7 Å². The van der Waals surface area contributed by atoms with Gasteiger partial charge in [-0.1, -0.05) is 0 Å². The van der Waals surface area contributed by atoms with Crippen LogP contribution in [0.15, 0.2) is 0 Å². The molecule has 94 valence electrons. The van der Waals surface area contributed by atoms with Crippen LogP contribution in [-0.4, -0.2) is 57.6 Å². The number of rotatable bonds is 7. The molecule has 8 heteroatoms. The monoisotopic (exact) mass is 252 g/mol. The van der Waals surface area contributed by atoms with Crippen LogP contribution in [-0.2, 0) is 15.6 Å². The third kappa shape index (κ3) is 8.18. The van der Waals surface area contributed by atoms with Gasteiger partial charge in [-0.2, -0.15) is 0 Å². The molecule has 4 N–H and O–H groups in total. The van der Waals surface area contributed by atoms with Crippen LogP contribution in [0.1, 0.15) is 6.42 Å². The van der Waals surface area contributed by atoms with Crippen LogP contribution in [0.2, 0.25) is 0 Å². The molecule has 16 heavy (non-hydrogen) atoms. The number of carboxylic acid groups (broad SMARTS) is 1. The first kappa shape index (κ1) is 14.8. The zero-order chi connectivity index (χ0) is 12.6. The predicted molar refractivity (Wildman–Crippen MR) is 58.6 cm³/mol. The summed E-state index contributed by atoms with van der Waals surface area (Å²) in [6, 6.07) is -0.554. The van der Waals surface area contributed by atoms with E-state index in [1.165, 1.54) is 0 Å². The molecule has 0 saturated carbocycles. The second-order valence-electron chi connectivity index (χ2n) is 3.12. The van der Waals surface area contributed by atoms with Crippen LogP contribution in [0.25, 0.3) is 0 Å². The number of carboxylic acids is 1. The zero-order valence-electron chi connectivity index (χ0n) is 8.93. The van der Waals surface area contributed by atoms with E-state index in [4.69, 9.17) is 10.2 Å². The number of carbonyl (C=O) groups excluding carboxylic acids is 1. The highest BCUT2D eigenvalue weighted by atomic mass is 32.2. The van der Waals surface area contributed by atoms with Gasteiger partial charge in [-0.05, 0) is 6.42 Å². The first-order chi connectivity index (χ1) is 7.43. The van der Waals surface area contributed by atoms with E-state index < -0.39 is 28.9 Å². The summed E-state index contributed by atoms with van der Waals surface area (Å²) in [4.78, 5) is 21.2. The maximum Gasteiger partial charge on any atom is 0.334 e. The van der Waals surface area contributed by atoms with Crippen molar-refractivity contribution in [2.75, 3.05) is 25.1 Å². The van der Waals surface area contributed by atoms with Gasteiger partial charge in [0.05, 0.1) is 6.54 Å². The number of aliphatic carboxylic acids is 1. The van der Waals surface area contributed by atoms with Crippen LogP contribution >= 0.6 is 0 Å². The fourth-order valence-corrected chi connectivity index (χ4v) is 1.37. The van der Waals surface area contributed by atoms with Crippen LogP contribution in [0.5, 0.6) is 0 Å². The molecule has 0 aromatic heterocycles. The van der Waals surface area contributed by atoms with Crippen molar-refractivity contribution >= 4 is 22.8 Å². The maximum atomic E-state index is 11.0. The molecule has 0 rings (SSSR count). The third-order valence-electron chi connectivity index (χ3n) is 1.64. The van der Waals surface area contributed by atoms with E-state index in [9.17, 15) is 13.8 Å². The normalized spacial score (nSPS) is 13.9. The number of aliphatic hydroxyl groups excluding tert-OH is 1. The highest BCUT2D eigenvalue weighted by Crippen LogP contribution is 1.82. The molecule has 7 nitrogen and oxygen atoms in total. The van der Waals surface area contributed by atoms with Crippen molar-refractivity contribution in [2.24, 2.45) is 0 Å². The molecule has 2 atom stereocenters. The number of hydrogen-bond donors (Lipinski definition) is 4. The molecule has 0 saturated heterocycles. The maximum absolute atomic E-state index is 11.0. The number of urea groups is 1. The van der Waals surface area contributed by atoms with Crippen LogP contribution in [0.3, 0.4) is 0 Å². The van der Waals surface area contributed by atoms with Gasteiger partial charge in [-0.3, -0.25) is 4.21 Å². The molecular formula is C8H16N2O5S. The SMILES string of the molecule is CS(=O)CCCNC(=O)NCC(O)C(=O)O. The number of nitrogens with one attached hydrogen (secondary N) is 2. The number of carbonyl (C=O) groups is 2. The van der Waals surface area contributed by atoms with Crippen molar-refractivity contribution in [3.05, 3.63) is 0 Å². The Hall–Kier alpha value is -1.15. The van der Waals surface area contributed by atoms with Gasteiger partial charge in [-0.25, -0.2) is 9.59 Å². The second-order valence-corrected chi connectivity index (χ2v) is 4.68. The van der Waals surface area contributed by atoms with Crippen molar-refractivity contribution in [1.29, 1.82) is 0 Å². The fraction of sp³-hybridized carbons (Fsp3) is 0.750. The van der Waals surface area contributed by atoms with Gasteiger partial charge < -0.3 is 20.8 Å². The van der Waals surface area contributed by atoms with Gasteiger partial charge in [0, 0.05) is 29.4 Å². The van der Waals surface area contributed by atoms with Gasteiger partial charge in [0.1, 0.15) is 0 Å². The summed E-state index contributed by atoms with van der Waals surface area (Å²) in [5.74, 6) is -0.889. The molecule has 0 aromatic carbocycles. The van der Waals surface area contributed by atoms with E-state index in [1.54, 1.807) is 6.26 Å². The van der Waals surface area contributed by atoms with E-state index in [0.29, 0.717) is 18.7 Å². The van der Waals surface area contributed by atoms with E-state index in [-0.39, 0.29) is 6.54 Å². The van der Waals surface area contributed by atoms with Crippen molar-refractivity contribution in [3.8, 4) is 0 Å². The Balaban J connectivity index is 3.52. The summed E-state index contributed by atoms with van der Waals surface area (Å²) in [7, 11) is -0.887. The van der Waals surface area contributed by atoms with E-state index >= 15 is 0 Å². The standard InChI is InChI=1S/C8H16N2O5S/c1-16(15)4-2-3-9-8(14)10-5-6(11)7(12)13/h6,11H,2-5H2,1H3,(H,12,13)(H2,9,10,14). The summed E-state index contributed by atoms with van der Waals surface area (Å²) in [5, 5.41) is 21.8. The van der Waals surface area contributed by atoms with Gasteiger partial charge in [0.15, 0.2) is 6.10 Å². The van der Waals surface area contributed by atoms with Crippen LogP contribution in [0, 0.1) is 0 Å². The van der Waals surface area contributed by atoms with E-state index in [2.05, 4.69) is 10.6 Å². The van der Waals surface area contributed by atoms with Gasteiger partial charge >= 0.3 is 12.0 Å². The highest BCUT2D eigenvalue weighted by Gasteiger charge is 2.13. The number of hydrogen-bond acceptors (Lipinski definition) is 4. The van der Waals surface area contributed by atoms with Gasteiger partial charge in [-0.15, -0.1) is 0 Å². The van der Waals surface area contributed by atoms with Crippen molar-refractivity contribution in [2.45, 2.75) is 12.5 Å². The Kier molecular flexibility index (Phi) is 7.48. The lowest BCUT2D eigenvalue weighted by Gasteiger charge is -2.08. The molecule has 0 fully saturated rings. The molecule has 0 aliphatic heterocycles. The minimum absolute atomic E-state index is 0.346. The Morgan fingerprint density at radius 2 is 2.00 bits per heavy atom. The lowest BCUT2D eigenvalue weighted by Crippen LogP contribution is -2.42. The predicted octanol–water partition coefficient (Wildman–Crippen LogP) is -1.50. The highest BCUT2D eigenvalue weighted by molar-refractivity contribution is 7.84. The largest absolute Gasteiger partial charge is 0.479 e. The van der Waals surface area contributed by atoms with Crippen molar-refractivity contribution in [3.63, 3.8) is 0 Å². The van der Waals surface area contributed by atoms with E-state index in [1.807, 2.05) is 0 Å². The quantitative estimate of drug-likeness (QED) is 0.411. The second kappa shape index (κ2) is 8.05. The third-order valence-corrected chi connectivity index (χ3v) is 2.50. The molecular weight excluding hydrogens is 236 g/mol. The smallest absolute Gasteiger partial charge is 0.334 e. The molecule has 2 unspecified atom stereocenters. The van der Waals surface area contributed by atoms with Crippen molar-refractivity contribution < 1.29 is 24.0 Å². The molecule has 0 spiro atoms. The Morgan fingerprint density at radius 3 is 2.50 bits per heavy atom. The molecule has 0 bridgehead atoms. The number of aliphatic hydroxyl groups is 1. The summed E-state index contributed by atoms with van der Waals surface area (Å²) in [6.07, 6.45) is 0.551. The average molecular weight is 252 g/mol. The molecule has 0 radical (unpaired) electrons. The minimum Gasteiger partial charge on any atom is -0.479 e. The van der Waals surface area contributed by atoms with Gasteiger partial charge in [0.2, 0.25) is 0 Å². The first-order valence-electron chi connectivity index (χ1n) is 4.66. The molecule has 0 aromatic rings. The van der Waals surface area contributed by atoms with Crippen molar-refractivity contribution in [1.82, 2.24) is 10.6 Å².